The van der Waals surface area contributed by atoms with Crippen LogP contribution >= 0.6 is 22.9 Å². The van der Waals surface area contributed by atoms with Crippen LogP contribution in [0, 0.1) is 6.92 Å². The van der Waals surface area contributed by atoms with E-state index in [1.54, 1.807) is 34.7 Å². The van der Waals surface area contributed by atoms with Gasteiger partial charge in [0.2, 0.25) is 0 Å². The lowest BCUT2D eigenvalue weighted by molar-refractivity contribution is 0.0978. The number of carbonyl (C=O) groups is 1. The van der Waals surface area contributed by atoms with Crippen molar-refractivity contribution in [3.63, 3.8) is 0 Å². The molecule has 160 valence electrons. The number of fused-ring (bicyclic) bond motifs is 2. The lowest BCUT2D eigenvalue weighted by Gasteiger charge is -2.19. The lowest BCUT2D eigenvalue weighted by Crippen LogP contribution is -2.32. The van der Waals surface area contributed by atoms with Crippen LogP contribution in [0.4, 0.5) is 5.13 Å². The number of nitrogens with zero attached hydrogens (tertiary/aromatic N) is 5. The molecule has 0 atom stereocenters. The van der Waals surface area contributed by atoms with Gasteiger partial charge in [0, 0.05) is 12.4 Å². The molecule has 0 saturated carbocycles. The Labute approximate surface area is 192 Å². The van der Waals surface area contributed by atoms with Crippen molar-refractivity contribution in [2.75, 3.05) is 12.0 Å². The van der Waals surface area contributed by atoms with Crippen molar-refractivity contribution in [2.45, 2.75) is 13.5 Å². The van der Waals surface area contributed by atoms with Crippen molar-refractivity contribution in [1.82, 2.24) is 19.4 Å². The number of aromatic nitrogens is 4. The summed E-state index contributed by atoms with van der Waals surface area (Å²) < 4.78 is 8.01. The summed E-state index contributed by atoms with van der Waals surface area (Å²) in [6, 6.07) is 14.8. The monoisotopic (exact) mass is 463 g/mol. The molecule has 0 aliphatic rings. The topological polar surface area (TPSA) is 72.6 Å². The molecule has 4 aromatic heterocycles. The summed E-state index contributed by atoms with van der Waals surface area (Å²) >= 11 is 7.77. The molecule has 1 aromatic carbocycles. The minimum absolute atomic E-state index is 0.221. The van der Waals surface area contributed by atoms with Crippen LogP contribution < -0.4 is 9.64 Å². The fourth-order valence-corrected chi connectivity index (χ4v) is 4.85. The molecule has 0 spiro atoms. The first-order valence-electron chi connectivity index (χ1n) is 9.85. The number of anilines is 1. The molecule has 0 radical (unpaired) electrons. The third-order valence-electron chi connectivity index (χ3n) is 5.10. The maximum absolute atomic E-state index is 13.9. The highest BCUT2D eigenvalue weighted by atomic mass is 35.5. The summed E-state index contributed by atoms with van der Waals surface area (Å²) in [5.41, 5.74) is 3.19. The maximum atomic E-state index is 13.9. The van der Waals surface area contributed by atoms with Gasteiger partial charge in [0.1, 0.15) is 22.6 Å². The molecule has 0 unspecified atom stereocenters. The molecule has 4 heterocycles. The zero-order valence-electron chi connectivity index (χ0n) is 17.3. The molecule has 5 rings (SSSR count). The number of imidazole rings is 1. The standard InChI is InChI=1S/C23H18ClN5O2S/c1-14-20(28-12-6-4-8-18(28)26-14)22(30)29(13-15-7-3-5-11-25-15)23-27-19-17(31-2)10-9-16(24)21(19)32-23/h3-12H,13H2,1-2H3. The van der Waals surface area contributed by atoms with E-state index in [4.69, 9.17) is 21.3 Å². The largest absolute Gasteiger partial charge is 0.494 e. The molecule has 0 N–H and O–H groups in total. The minimum Gasteiger partial charge on any atom is -0.494 e. The van der Waals surface area contributed by atoms with Gasteiger partial charge in [-0.2, -0.15) is 0 Å². The Bertz CT molecular complexity index is 1450. The summed E-state index contributed by atoms with van der Waals surface area (Å²) in [7, 11) is 1.58. The van der Waals surface area contributed by atoms with Gasteiger partial charge in [-0.05, 0) is 43.3 Å². The first-order chi connectivity index (χ1) is 15.6. The van der Waals surface area contributed by atoms with Crippen LogP contribution in [0.2, 0.25) is 5.02 Å². The number of hydrogen-bond donors (Lipinski definition) is 0. The molecular formula is C23H18ClN5O2S. The molecule has 0 aliphatic heterocycles. The van der Waals surface area contributed by atoms with E-state index in [-0.39, 0.29) is 12.5 Å². The van der Waals surface area contributed by atoms with E-state index in [1.807, 2.05) is 49.5 Å². The Balaban J connectivity index is 1.68. The van der Waals surface area contributed by atoms with Crippen molar-refractivity contribution < 1.29 is 9.53 Å². The summed E-state index contributed by atoms with van der Waals surface area (Å²) in [5, 5.41) is 1.06. The summed E-state index contributed by atoms with van der Waals surface area (Å²) in [4.78, 5) is 29.2. The predicted octanol–water partition coefficient (Wildman–Crippen LogP) is 5.16. The number of carbonyl (C=O) groups excluding carboxylic acids is 1. The van der Waals surface area contributed by atoms with Crippen LogP contribution in [0.3, 0.4) is 0 Å². The molecule has 0 fully saturated rings. The smallest absolute Gasteiger partial charge is 0.279 e. The van der Waals surface area contributed by atoms with Crippen molar-refractivity contribution in [2.24, 2.45) is 0 Å². The van der Waals surface area contributed by atoms with Crippen LogP contribution in [-0.4, -0.2) is 32.4 Å². The average molecular weight is 464 g/mol. The third-order valence-corrected chi connectivity index (χ3v) is 6.63. The number of pyridine rings is 2. The average Bonchev–Trinajstić information content (AvgIpc) is 3.39. The number of aryl methyl sites for hydroxylation is 1. The Morgan fingerprint density at radius 2 is 2.00 bits per heavy atom. The highest BCUT2D eigenvalue weighted by molar-refractivity contribution is 7.23. The van der Waals surface area contributed by atoms with E-state index in [1.165, 1.54) is 11.3 Å². The first kappa shape index (κ1) is 20.4. The van der Waals surface area contributed by atoms with E-state index in [2.05, 4.69) is 9.97 Å². The summed E-state index contributed by atoms with van der Waals surface area (Å²) in [5.74, 6) is 0.379. The number of thiazole rings is 1. The molecule has 0 saturated heterocycles. The number of halogens is 1. The van der Waals surface area contributed by atoms with E-state index in [9.17, 15) is 4.79 Å². The molecule has 1 amide bonds. The van der Waals surface area contributed by atoms with Crippen molar-refractivity contribution in [3.8, 4) is 5.75 Å². The van der Waals surface area contributed by atoms with Crippen LogP contribution in [0.1, 0.15) is 21.9 Å². The molecule has 7 nitrogen and oxygen atoms in total. The third kappa shape index (κ3) is 3.47. The Morgan fingerprint density at radius 3 is 2.78 bits per heavy atom. The minimum atomic E-state index is -0.221. The number of amides is 1. The Kier molecular flexibility index (Phi) is 5.24. The zero-order valence-corrected chi connectivity index (χ0v) is 18.9. The van der Waals surface area contributed by atoms with Gasteiger partial charge in [-0.1, -0.05) is 35.1 Å². The fourth-order valence-electron chi connectivity index (χ4n) is 3.60. The maximum Gasteiger partial charge on any atom is 0.279 e. The van der Waals surface area contributed by atoms with Crippen molar-refractivity contribution in [1.29, 1.82) is 0 Å². The van der Waals surface area contributed by atoms with Gasteiger partial charge in [-0.3, -0.25) is 19.1 Å². The van der Waals surface area contributed by atoms with E-state index >= 15 is 0 Å². The van der Waals surface area contributed by atoms with Crippen LogP contribution in [0.5, 0.6) is 5.75 Å². The summed E-state index contributed by atoms with van der Waals surface area (Å²) in [6.45, 7) is 2.08. The predicted molar refractivity (Wildman–Crippen MR) is 126 cm³/mol. The molecule has 32 heavy (non-hydrogen) atoms. The molecule has 0 bridgehead atoms. The van der Waals surface area contributed by atoms with Gasteiger partial charge in [0.15, 0.2) is 5.13 Å². The van der Waals surface area contributed by atoms with E-state index < -0.39 is 0 Å². The lowest BCUT2D eigenvalue weighted by atomic mass is 10.2. The van der Waals surface area contributed by atoms with E-state index in [0.717, 1.165) is 10.4 Å². The molecule has 9 heteroatoms. The van der Waals surface area contributed by atoms with Crippen LogP contribution in [0.25, 0.3) is 15.9 Å². The number of hydrogen-bond acceptors (Lipinski definition) is 6. The van der Waals surface area contributed by atoms with Crippen molar-refractivity contribution >= 4 is 49.8 Å². The van der Waals surface area contributed by atoms with Crippen LogP contribution in [0.15, 0.2) is 60.9 Å². The Morgan fingerprint density at radius 1 is 1.16 bits per heavy atom. The van der Waals surface area contributed by atoms with Crippen molar-refractivity contribution in [3.05, 3.63) is 83.0 Å². The molecule has 5 aromatic rings. The fraction of sp³-hybridized carbons (Fsp3) is 0.130. The van der Waals surface area contributed by atoms with Crippen LogP contribution in [-0.2, 0) is 6.54 Å². The second kappa shape index (κ2) is 8.22. The van der Waals surface area contributed by atoms with Gasteiger partial charge in [-0.25, -0.2) is 9.97 Å². The zero-order chi connectivity index (χ0) is 22.2. The van der Waals surface area contributed by atoms with Gasteiger partial charge in [-0.15, -0.1) is 0 Å². The molecule has 0 aliphatic carbocycles. The first-order valence-corrected chi connectivity index (χ1v) is 11.0. The Hall–Kier alpha value is -3.49. The number of methoxy groups -OCH3 is 1. The SMILES string of the molecule is COc1ccc(Cl)c2sc(N(Cc3ccccn3)C(=O)c3c(C)nc4ccccn34)nc12. The summed E-state index contributed by atoms with van der Waals surface area (Å²) in [6.07, 6.45) is 3.54. The number of benzene rings is 1. The second-order valence-electron chi connectivity index (χ2n) is 7.11. The quantitative estimate of drug-likeness (QED) is 0.360. The van der Waals surface area contributed by atoms with E-state index in [0.29, 0.717) is 38.5 Å². The van der Waals surface area contributed by atoms with Gasteiger partial charge < -0.3 is 4.74 Å². The number of rotatable bonds is 5. The van der Waals surface area contributed by atoms with Gasteiger partial charge in [0.25, 0.3) is 5.91 Å². The number of ether oxygens (including phenoxy) is 1. The molecular weight excluding hydrogens is 446 g/mol. The highest BCUT2D eigenvalue weighted by Crippen LogP contribution is 2.39. The van der Waals surface area contributed by atoms with Gasteiger partial charge in [0.05, 0.1) is 34.8 Å². The highest BCUT2D eigenvalue weighted by Gasteiger charge is 2.27. The normalized spacial score (nSPS) is 11.2. The van der Waals surface area contributed by atoms with Gasteiger partial charge >= 0.3 is 0 Å². The second-order valence-corrected chi connectivity index (χ2v) is 8.50.